The van der Waals surface area contributed by atoms with Gasteiger partial charge in [-0.25, -0.2) is 23.4 Å². The first-order valence-electron chi connectivity index (χ1n) is 7.12. The highest BCUT2D eigenvalue weighted by atomic mass is 32.2. The number of alkyl halides is 3. The molecule has 2 rings (SSSR count). The Labute approximate surface area is 142 Å². The van der Waals surface area contributed by atoms with Crippen molar-refractivity contribution >= 4 is 15.8 Å². The molecule has 2 aromatic rings. The molecule has 0 bridgehead atoms. The van der Waals surface area contributed by atoms with Gasteiger partial charge in [0.1, 0.15) is 16.5 Å². The molecule has 11 heteroatoms. The molecule has 0 aliphatic carbocycles. The number of halogens is 3. The fourth-order valence-electron chi connectivity index (χ4n) is 1.83. The van der Waals surface area contributed by atoms with Crippen LogP contribution in [0.4, 0.5) is 19.0 Å². The van der Waals surface area contributed by atoms with Crippen molar-refractivity contribution in [2.45, 2.75) is 31.3 Å². The zero-order valence-electron chi connectivity index (χ0n) is 13.3. The zero-order chi connectivity index (χ0) is 18.7. The van der Waals surface area contributed by atoms with Crippen molar-refractivity contribution < 1.29 is 26.3 Å². The third-order valence-corrected chi connectivity index (χ3v) is 4.24. The Hall–Kier alpha value is -2.43. The predicted octanol–water partition coefficient (Wildman–Crippen LogP) is 2.48. The van der Waals surface area contributed by atoms with Crippen LogP contribution < -0.4 is 9.46 Å². The van der Waals surface area contributed by atoms with Crippen LogP contribution in [-0.2, 0) is 16.4 Å². The number of anilines is 1. The van der Waals surface area contributed by atoms with Gasteiger partial charge in [0.15, 0.2) is 6.61 Å². The molecule has 0 aromatic carbocycles. The Morgan fingerprint density at radius 1 is 1.24 bits per heavy atom. The lowest BCUT2D eigenvalue weighted by Gasteiger charge is -2.10. The van der Waals surface area contributed by atoms with E-state index in [1.807, 2.05) is 6.92 Å². The highest BCUT2D eigenvalue weighted by molar-refractivity contribution is 7.92. The number of nitrogens with zero attached hydrogens (tertiary/aromatic N) is 3. The second kappa shape index (κ2) is 7.21. The summed E-state index contributed by atoms with van der Waals surface area (Å²) in [7, 11) is -4.00. The van der Waals surface area contributed by atoms with Crippen molar-refractivity contribution in [3.05, 3.63) is 35.9 Å². The van der Waals surface area contributed by atoms with Crippen LogP contribution in [0.15, 0.2) is 29.3 Å². The van der Waals surface area contributed by atoms with Gasteiger partial charge < -0.3 is 4.74 Å². The smallest absolute Gasteiger partial charge is 0.422 e. The Morgan fingerprint density at radius 3 is 2.52 bits per heavy atom. The summed E-state index contributed by atoms with van der Waals surface area (Å²) in [5, 5.41) is 0. The number of nitrogens with one attached hydrogen (secondary N) is 1. The summed E-state index contributed by atoms with van der Waals surface area (Å²) in [6.07, 6.45) is -3.00. The number of sulfonamides is 1. The first-order chi connectivity index (χ1) is 11.6. The summed E-state index contributed by atoms with van der Waals surface area (Å²) in [4.78, 5) is 11.5. The Morgan fingerprint density at radius 2 is 1.96 bits per heavy atom. The molecule has 0 spiro atoms. The minimum absolute atomic E-state index is 0.0988. The molecule has 0 saturated carbocycles. The molecule has 136 valence electrons. The van der Waals surface area contributed by atoms with E-state index >= 15 is 0 Å². The van der Waals surface area contributed by atoms with Gasteiger partial charge in [-0.3, -0.25) is 4.72 Å². The maximum absolute atomic E-state index is 12.3. The van der Waals surface area contributed by atoms with Gasteiger partial charge in [0.2, 0.25) is 5.88 Å². The summed E-state index contributed by atoms with van der Waals surface area (Å²) in [5.41, 5.74) is 0.666. The lowest BCUT2D eigenvalue weighted by molar-refractivity contribution is -0.154. The Bertz CT molecular complexity index is 839. The maximum Gasteiger partial charge on any atom is 0.422 e. The second-order valence-electron chi connectivity index (χ2n) is 4.99. The molecule has 0 aliphatic rings. The van der Waals surface area contributed by atoms with Gasteiger partial charge in [0, 0.05) is 17.8 Å². The minimum Gasteiger partial charge on any atom is -0.468 e. The van der Waals surface area contributed by atoms with Gasteiger partial charge in [0.25, 0.3) is 10.0 Å². The van der Waals surface area contributed by atoms with E-state index in [0.717, 1.165) is 18.3 Å². The van der Waals surface area contributed by atoms with E-state index in [2.05, 4.69) is 24.4 Å². The van der Waals surface area contributed by atoms with Crippen molar-refractivity contribution in [2.24, 2.45) is 0 Å². The molecule has 25 heavy (non-hydrogen) atoms. The number of rotatable bonds is 6. The average molecular weight is 376 g/mol. The minimum atomic E-state index is -4.50. The Kier molecular flexibility index (Phi) is 5.45. The van der Waals surface area contributed by atoms with Crippen molar-refractivity contribution in [3.8, 4) is 5.88 Å². The normalized spacial score (nSPS) is 12.0. The zero-order valence-corrected chi connectivity index (χ0v) is 14.1. The number of aryl methyl sites for hydroxylation is 2. The van der Waals surface area contributed by atoms with Crippen LogP contribution in [0.1, 0.15) is 18.4 Å². The molecule has 2 heterocycles. The maximum atomic E-state index is 12.3. The standard InChI is InChI=1S/C14H15F3N4O3S/c1-3-10-6-12(20-9(2)19-10)21-25(22,23)11-4-5-13(18-7-11)24-8-14(15,16)17/h4-7H,3,8H2,1-2H3,(H,19,20,21). The van der Waals surface area contributed by atoms with Crippen LogP contribution in [0.25, 0.3) is 0 Å². The quantitative estimate of drug-likeness (QED) is 0.832. The Balaban J connectivity index is 2.15. The van der Waals surface area contributed by atoms with Crippen LogP contribution in [0.5, 0.6) is 5.88 Å². The molecule has 0 aliphatic heterocycles. The summed E-state index contributed by atoms with van der Waals surface area (Å²) in [5.74, 6) is 0.176. The van der Waals surface area contributed by atoms with E-state index in [1.54, 1.807) is 6.92 Å². The summed E-state index contributed by atoms with van der Waals surface area (Å²) in [6.45, 7) is 1.99. The number of pyridine rings is 1. The first kappa shape index (κ1) is 18.9. The number of ether oxygens (including phenoxy) is 1. The lowest BCUT2D eigenvalue weighted by Crippen LogP contribution is -2.20. The summed E-state index contributed by atoms with van der Waals surface area (Å²) >= 11 is 0. The molecule has 7 nitrogen and oxygen atoms in total. The van der Waals surface area contributed by atoms with Crippen molar-refractivity contribution in [1.29, 1.82) is 0 Å². The van der Waals surface area contributed by atoms with Crippen LogP contribution in [-0.4, -0.2) is 36.2 Å². The fourth-order valence-corrected chi connectivity index (χ4v) is 2.76. The van der Waals surface area contributed by atoms with Crippen molar-refractivity contribution in [2.75, 3.05) is 11.3 Å². The van der Waals surface area contributed by atoms with Crippen molar-refractivity contribution in [3.63, 3.8) is 0 Å². The topological polar surface area (TPSA) is 94.1 Å². The lowest BCUT2D eigenvalue weighted by atomic mass is 10.3. The SMILES string of the molecule is CCc1cc(NS(=O)(=O)c2ccc(OCC(F)(F)F)nc2)nc(C)n1. The van der Waals surface area contributed by atoms with E-state index in [1.165, 1.54) is 6.07 Å². The molecule has 0 amide bonds. The molecule has 1 N–H and O–H groups in total. The molecule has 2 aromatic heterocycles. The summed E-state index contributed by atoms with van der Waals surface area (Å²) < 4.78 is 67.6. The van der Waals surface area contributed by atoms with E-state index in [0.29, 0.717) is 17.9 Å². The van der Waals surface area contributed by atoms with Gasteiger partial charge in [-0.15, -0.1) is 0 Å². The molecule has 0 saturated heterocycles. The fraction of sp³-hybridized carbons (Fsp3) is 0.357. The predicted molar refractivity (Wildman–Crippen MR) is 82.7 cm³/mol. The largest absolute Gasteiger partial charge is 0.468 e. The van der Waals surface area contributed by atoms with E-state index < -0.39 is 22.8 Å². The first-order valence-corrected chi connectivity index (χ1v) is 8.60. The van der Waals surface area contributed by atoms with Crippen LogP contribution in [0.3, 0.4) is 0 Å². The van der Waals surface area contributed by atoms with E-state index in [-0.39, 0.29) is 16.6 Å². The third-order valence-electron chi connectivity index (χ3n) is 2.90. The van der Waals surface area contributed by atoms with Gasteiger partial charge in [0.05, 0.1) is 6.20 Å². The van der Waals surface area contributed by atoms with Gasteiger partial charge in [-0.2, -0.15) is 13.2 Å². The van der Waals surface area contributed by atoms with E-state index in [9.17, 15) is 21.6 Å². The van der Waals surface area contributed by atoms with Gasteiger partial charge in [-0.1, -0.05) is 6.92 Å². The number of aromatic nitrogens is 3. The molecule has 0 fully saturated rings. The van der Waals surface area contributed by atoms with Gasteiger partial charge in [-0.05, 0) is 19.4 Å². The highest BCUT2D eigenvalue weighted by Gasteiger charge is 2.28. The number of hydrogen-bond donors (Lipinski definition) is 1. The van der Waals surface area contributed by atoms with Gasteiger partial charge >= 0.3 is 6.18 Å². The molecule has 0 atom stereocenters. The average Bonchev–Trinajstić information content (AvgIpc) is 2.51. The van der Waals surface area contributed by atoms with Crippen LogP contribution in [0, 0.1) is 6.92 Å². The molecular weight excluding hydrogens is 361 g/mol. The second-order valence-corrected chi connectivity index (χ2v) is 6.67. The van der Waals surface area contributed by atoms with Crippen LogP contribution in [0.2, 0.25) is 0 Å². The molecule has 0 unspecified atom stereocenters. The molecule has 0 radical (unpaired) electrons. The molecular formula is C14H15F3N4O3S. The third kappa shape index (κ3) is 5.55. The van der Waals surface area contributed by atoms with Crippen molar-refractivity contribution in [1.82, 2.24) is 15.0 Å². The summed E-state index contributed by atoms with van der Waals surface area (Å²) in [6, 6.07) is 3.64. The van der Waals surface area contributed by atoms with Crippen LogP contribution >= 0.6 is 0 Å². The van der Waals surface area contributed by atoms with E-state index in [4.69, 9.17) is 0 Å². The highest BCUT2D eigenvalue weighted by Crippen LogP contribution is 2.19. The monoisotopic (exact) mass is 376 g/mol. The number of hydrogen-bond acceptors (Lipinski definition) is 6.